The van der Waals surface area contributed by atoms with Crippen molar-refractivity contribution in [1.82, 2.24) is 0 Å². The fraction of sp³-hybridized carbons (Fsp3) is 0.500. The lowest BCUT2D eigenvalue weighted by molar-refractivity contribution is 0.131. The van der Waals surface area contributed by atoms with E-state index in [9.17, 15) is 13.2 Å². The summed E-state index contributed by atoms with van der Waals surface area (Å²) >= 11 is 0. The van der Waals surface area contributed by atoms with Gasteiger partial charge in [-0.25, -0.2) is 13.2 Å². The lowest BCUT2D eigenvalue weighted by Gasteiger charge is -2.29. The van der Waals surface area contributed by atoms with Crippen LogP contribution in [0.15, 0.2) is 30.3 Å². The Bertz CT molecular complexity index is 795. The number of rotatable bonds is 7. The Morgan fingerprint density at radius 1 is 0.929 bits per heavy atom. The normalized spacial score (nSPS) is 19.8. The van der Waals surface area contributed by atoms with Crippen molar-refractivity contribution in [2.75, 3.05) is 6.61 Å². The summed E-state index contributed by atoms with van der Waals surface area (Å²) in [5.74, 6) is -0.722. The van der Waals surface area contributed by atoms with Crippen molar-refractivity contribution in [3.63, 3.8) is 0 Å². The van der Waals surface area contributed by atoms with Crippen molar-refractivity contribution >= 4 is 0 Å². The third kappa shape index (κ3) is 4.96. The monoisotopic (exact) mass is 390 g/mol. The summed E-state index contributed by atoms with van der Waals surface area (Å²) in [6.45, 7) is 4.36. The summed E-state index contributed by atoms with van der Waals surface area (Å²) in [5.41, 5.74) is 2.48. The van der Waals surface area contributed by atoms with Crippen molar-refractivity contribution in [3.05, 3.63) is 70.0 Å². The molecular weight excluding hydrogens is 361 g/mol. The van der Waals surface area contributed by atoms with Gasteiger partial charge in [0.2, 0.25) is 0 Å². The molecule has 2 aromatic carbocycles. The minimum absolute atomic E-state index is 0.190. The van der Waals surface area contributed by atoms with Crippen LogP contribution in [0.25, 0.3) is 0 Å². The Morgan fingerprint density at radius 3 is 2.32 bits per heavy atom. The van der Waals surface area contributed by atoms with Crippen molar-refractivity contribution < 1.29 is 17.9 Å². The number of halogens is 3. The zero-order chi connectivity index (χ0) is 20.1. The summed E-state index contributed by atoms with van der Waals surface area (Å²) in [7, 11) is 0. The Labute approximate surface area is 165 Å². The summed E-state index contributed by atoms with van der Waals surface area (Å²) in [6, 6.07) is 8.86. The van der Waals surface area contributed by atoms with Crippen molar-refractivity contribution in [2.45, 2.75) is 64.9 Å². The topological polar surface area (TPSA) is 9.23 Å². The third-order valence-corrected chi connectivity index (χ3v) is 6.03. The lowest BCUT2D eigenvalue weighted by atomic mass is 9.76. The molecule has 4 heteroatoms. The average Bonchev–Trinajstić information content (AvgIpc) is 2.71. The fourth-order valence-corrected chi connectivity index (χ4v) is 4.17. The van der Waals surface area contributed by atoms with Gasteiger partial charge in [-0.1, -0.05) is 24.3 Å². The van der Waals surface area contributed by atoms with Crippen LogP contribution in [0.2, 0.25) is 0 Å². The molecule has 28 heavy (non-hydrogen) atoms. The molecule has 0 N–H and O–H groups in total. The van der Waals surface area contributed by atoms with Gasteiger partial charge in [0, 0.05) is 12.2 Å². The SMILES string of the molecule is CCOCc1ccc(C2CCC(CCc3ccc(C)c(F)c3F)CC2)cc1F. The third-order valence-electron chi connectivity index (χ3n) is 6.03. The van der Waals surface area contributed by atoms with E-state index in [4.69, 9.17) is 4.74 Å². The van der Waals surface area contributed by atoms with Crippen LogP contribution >= 0.6 is 0 Å². The number of hydrogen-bond acceptors (Lipinski definition) is 1. The highest BCUT2D eigenvalue weighted by molar-refractivity contribution is 5.27. The highest BCUT2D eigenvalue weighted by Crippen LogP contribution is 2.38. The van der Waals surface area contributed by atoms with Crippen molar-refractivity contribution in [3.8, 4) is 0 Å². The standard InChI is InChI=1S/C24H29F3O/c1-3-28-15-21-13-12-20(14-22(21)25)18-9-5-17(6-10-18)7-11-19-8-4-16(2)23(26)24(19)27/h4,8,12-14,17-18H,3,5-7,9-11,15H2,1-2H3. The van der Waals surface area contributed by atoms with E-state index < -0.39 is 11.6 Å². The molecule has 0 unspecified atom stereocenters. The van der Waals surface area contributed by atoms with E-state index in [0.29, 0.717) is 48.2 Å². The first-order valence-electron chi connectivity index (χ1n) is 10.3. The van der Waals surface area contributed by atoms with E-state index in [1.165, 1.54) is 0 Å². The first kappa shape index (κ1) is 20.9. The van der Waals surface area contributed by atoms with E-state index in [1.807, 2.05) is 19.1 Å². The molecule has 3 rings (SSSR count). The van der Waals surface area contributed by atoms with Gasteiger partial charge >= 0.3 is 0 Å². The molecule has 0 atom stereocenters. The van der Waals surface area contributed by atoms with E-state index >= 15 is 0 Å². The molecule has 0 heterocycles. The molecule has 0 amide bonds. The Morgan fingerprint density at radius 2 is 1.64 bits per heavy atom. The largest absolute Gasteiger partial charge is 0.377 e. The second-order valence-corrected chi connectivity index (χ2v) is 7.91. The zero-order valence-corrected chi connectivity index (χ0v) is 16.7. The molecule has 1 nitrogen and oxygen atoms in total. The number of ether oxygens (including phenoxy) is 1. The predicted molar refractivity (Wildman–Crippen MR) is 106 cm³/mol. The first-order valence-corrected chi connectivity index (χ1v) is 10.3. The van der Waals surface area contributed by atoms with Gasteiger partial charge in [0.05, 0.1) is 6.61 Å². The molecule has 0 aromatic heterocycles. The Hall–Kier alpha value is -1.81. The van der Waals surface area contributed by atoms with Crippen LogP contribution in [0.5, 0.6) is 0 Å². The minimum atomic E-state index is -0.726. The van der Waals surface area contributed by atoms with Crippen molar-refractivity contribution in [1.29, 1.82) is 0 Å². The van der Waals surface area contributed by atoms with Crippen LogP contribution in [0.4, 0.5) is 13.2 Å². The molecule has 0 aliphatic heterocycles. The summed E-state index contributed by atoms with van der Waals surface area (Å²) in [4.78, 5) is 0. The van der Waals surface area contributed by atoms with Crippen LogP contribution in [0, 0.1) is 30.3 Å². The average molecular weight is 390 g/mol. The minimum Gasteiger partial charge on any atom is -0.377 e. The van der Waals surface area contributed by atoms with Crippen LogP contribution in [-0.4, -0.2) is 6.61 Å². The van der Waals surface area contributed by atoms with E-state index in [-0.39, 0.29) is 5.82 Å². The van der Waals surface area contributed by atoms with Crippen LogP contribution in [-0.2, 0) is 17.8 Å². The molecule has 152 valence electrons. The first-order chi connectivity index (χ1) is 13.5. The molecule has 0 radical (unpaired) electrons. The lowest BCUT2D eigenvalue weighted by Crippen LogP contribution is -2.15. The number of benzene rings is 2. The molecular formula is C24H29F3O. The number of hydrogen-bond donors (Lipinski definition) is 0. The molecule has 0 saturated heterocycles. The summed E-state index contributed by atoms with van der Waals surface area (Å²) in [5, 5.41) is 0. The quantitative estimate of drug-likeness (QED) is 0.502. The van der Waals surface area contributed by atoms with Crippen LogP contribution < -0.4 is 0 Å². The molecule has 1 aliphatic carbocycles. The predicted octanol–water partition coefficient (Wildman–Crippen LogP) is 6.86. The van der Waals surface area contributed by atoms with Gasteiger partial charge in [0.15, 0.2) is 11.6 Å². The Balaban J connectivity index is 1.52. The van der Waals surface area contributed by atoms with Gasteiger partial charge in [0.1, 0.15) is 5.82 Å². The van der Waals surface area contributed by atoms with Gasteiger partial charge in [-0.2, -0.15) is 0 Å². The molecule has 0 bridgehead atoms. The van der Waals surface area contributed by atoms with Gasteiger partial charge < -0.3 is 4.74 Å². The zero-order valence-electron chi connectivity index (χ0n) is 16.7. The molecule has 1 saturated carbocycles. The smallest absolute Gasteiger partial charge is 0.162 e. The second-order valence-electron chi connectivity index (χ2n) is 7.91. The molecule has 2 aromatic rings. The molecule has 0 spiro atoms. The van der Waals surface area contributed by atoms with Crippen molar-refractivity contribution in [2.24, 2.45) is 5.92 Å². The van der Waals surface area contributed by atoms with Gasteiger partial charge in [-0.3, -0.25) is 0 Å². The van der Waals surface area contributed by atoms with Crippen LogP contribution in [0.1, 0.15) is 67.2 Å². The highest BCUT2D eigenvalue weighted by atomic mass is 19.2. The van der Waals surface area contributed by atoms with Gasteiger partial charge in [-0.15, -0.1) is 0 Å². The molecule has 1 aliphatic rings. The van der Waals surface area contributed by atoms with E-state index in [0.717, 1.165) is 37.7 Å². The maximum absolute atomic E-state index is 14.3. The maximum Gasteiger partial charge on any atom is 0.162 e. The van der Waals surface area contributed by atoms with Gasteiger partial charge in [-0.05, 0) is 87.0 Å². The fourth-order valence-electron chi connectivity index (χ4n) is 4.17. The van der Waals surface area contributed by atoms with Gasteiger partial charge in [0.25, 0.3) is 0 Å². The number of aryl methyl sites for hydroxylation is 2. The van der Waals surface area contributed by atoms with E-state index in [1.54, 1.807) is 25.1 Å². The van der Waals surface area contributed by atoms with E-state index in [2.05, 4.69) is 0 Å². The van der Waals surface area contributed by atoms with Crippen LogP contribution in [0.3, 0.4) is 0 Å². The highest BCUT2D eigenvalue weighted by Gasteiger charge is 2.23. The summed E-state index contributed by atoms with van der Waals surface area (Å²) < 4.78 is 47.3. The summed E-state index contributed by atoms with van der Waals surface area (Å²) in [6.07, 6.45) is 5.55. The Kier molecular flexibility index (Phi) is 7.17. The maximum atomic E-state index is 14.3. The molecule has 1 fully saturated rings. The second kappa shape index (κ2) is 9.60.